The molecule has 0 saturated carbocycles. The molecule has 1 aliphatic rings. The topological polar surface area (TPSA) is 24.5 Å². The van der Waals surface area contributed by atoms with Gasteiger partial charge in [0, 0.05) is 37.2 Å². The predicted octanol–water partition coefficient (Wildman–Crippen LogP) is 2.31. The zero-order valence-electron chi connectivity index (χ0n) is 10.4. The van der Waals surface area contributed by atoms with Gasteiger partial charge in [-0.15, -0.1) is 0 Å². The lowest BCUT2D eigenvalue weighted by Gasteiger charge is -2.33. The van der Waals surface area contributed by atoms with Gasteiger partial charge >= 0.3 is 0 Å². The summed E-state index contributed by atoms with van der Waals surface area (Å²) in [4.78, 5) is 2.45. The summed E-state index contributed by atoms with van der Waals surface area (Å²) >= 11 is 6.30. The molecule has 4 heteroatoms. The lowest BCUT2D eigenvalue weighted by atomic mass is 10.1. The van der Waals surface area contributed by atoms with Crippen LogP contribution in [0.15, 0.2) is 18.2 Å². The molecule has 1 aromatic rings. The number of hydrogen-bond acceptors (Lipinski definition) is 3. The van der Waals surface area contributed by atoms with Crippen molar-refractivity contribution in [3.05, 3.63) is 28.8 Å². The maximum absolute atomic E-state index is 6.30. The first kappa shape index (κ1) is 12.7. The first-order valence-electron chi connectivity index (χ1n) is 6.00. The Hall–Kier alpha value is -0.770. The Labute approximate surface area is 108 Å². The van der Waals surface area contributed by atoms with Gasteiger partial charge in [0.2, 0.25) is 0 Å². The Morgan fingerprint density at radius 1 is 1.35 bits per heavy atom. The van der Waals surface area contributed by atoms with E-state index in [2.05, 4.69) is 23.2 Å². The van der Waals surface area contributed by atoms with Gasteiger partial charge in [-0.3, -0.25) is 4.90 Å². The van der Waals surface area contributed by atoms with Gasteiger partial charge in [0.05, 0.1) is 7.11 Å². The SMILES string of the molecule is COc1ccc(C(C)N2CCNCC2)c(Cl)c1. The van der Waals surface area contributed by atoms with E-state index in [0.717, 1.165) is 37.0 Å². The van der Waals surface area contributed by atoms with E-state index in [1.165, 1.54) is 5.56 Å². The molecule has 1 fully saturated rings. The highest BCUT2D eigenvalue weighted by Crippen LogP contribution is 2.30. The van der Waals surface area contributed by atoms with Crippen LogP contribution in [-0.2, 0) is 0 Å². The van der Waals surface area contributed by atoms with Gasteiger partial charge in [0.15, 0.2) is 0 Å². The molecule has 1 unspecified atom stereocenters. The number of nitrogens with one attached hydrogen (secondary N) is 1. The molecule has 0 bridgehead atoms. The summed E-state index contributed by atoms with van der Waals surface area (Å²) in [6, 6.07) is 6.28. The minimum Gasteiger partial charge on any atom is -0.497 e. The Morgan fingerprint density at radius 2 is 2.06 bits per heavy atom. The smallest absolute Gasteiger partial charge is 0.120 e. The van der Waals surface area contributed by atoms with Crippen molar-refractivity contribution < 1.29 is 4.74 Å². The van der Waals surface area contributed by atoms with Gasteiger partial charge in [0.25, 0.3) is 0 Å². The highest BCUT2D eigenvalue weighted by Gasteiger charge is 2.19. The van der Waals surface area contributed by atoms with Gasteiger partial charge in [-0.2, -0.15) is 0 Å². The fraction of sp³-hybridized carbons (Fsp3) is 0.538. The molecule has 1 aromatic carbocycles. The van der Waals surface area contributed by atoms with Crippen LogP contribution in [0.1, 0.15) is 18.5 Å². The zero-order valence-corrected chi connectivity index (χ0v) is 11.1. The van der Waals surface area contributed by atoms with E-state index in [-0.39, 0.29) is 0 Å². The van der Waals surface area contributed by atoms with Crippen LogP contribution in [0.2, 0.25) is 5.02 Å². The number of benzene rings is 1. The van der Waals surface area contributed by atoms with Gasteiger partial charge in [-0.25, -0.2) is 0 Å². The fourth-order valence-corrected chi connectivity index (χ4v) is 2.57. The van der Waals surface area contributed by atoms with E-state index in [4.69, 9.17) is 16.3 Å². The summed E-state index contributed by atoms with van der Waals surface area (Å²) in [7, 11) is 1.66. The van der Waals surface area contributed by atoms with Crippen LogP contribution >= 0.6 is 11.6 Å². The third-order valence-electron chi connectivity index (χ3n) is 3.36. The van der Waals surface area contributed by atoms with Crippen molar-refractivity contribution in [3.8, 4) is 5.75 Å². The van der Waals surface area contributed by atoms with Crippen molar-refractivity contribution in [2.45, 2.75) is 13.0 Å². The molecule has 0 aliphatic carbocycles. The number of ether oxygens (including phenoxy) is 1. The molecule has 0 aromatic heterocycles. The molecule has 94 valence electrons. The molecular formula is C13H19ClN2O. The largest absolute Gasteiger partial charge is 0.497 e. The van der Waals surface area contributed by atoms with Crippen molar-refractivity contribution in [1.82, 2.24) is 10.2 Å². The average molecular weight is 255 g/mol. The maximum atomic E-state index is 6.30. The average Bonchev–Trinajstić information content (AvgIpc) is 2.39. The van der Waals surface area contributed by atoms with Gasteiger partial charge < -0.3 is 10.1 Å². The minimum absolute atomic E-state index is 0.357. The highest BCUT2D eigenvalue weighted by molar-refractivity contribution is 6.31. The van der Waals surface area contributed by atoms with Crippen LogP contribution in [0.3, 0.4) is 0 Å². The second kappa shape index (κ2) is 5.71. The third kappa shape index (κ3) is 2.92. The van der Waals surface area contributed by atoms with Crippen LogP contribution in [0.4, 0.5) is 0 Å². The van der Waals surface area contributed by atoms with Crippen molar-refractivity contribution in [2.24, 2.45) is 0 Å². The molecule has 0 amide bonds. The fourth-order valence-electron chi connectivity index (χ4n) is 2.24. The molecule has 2 rings (SSSR count). The van der Waals surface area contributed by atoms with Gasteiger partial charge in [-0.05, 0) is 24.6 Å². The Morgan fingerprint density at radius 3 is 2.65 bits per heavy atom. The predicted molar refractivity (Wildman–Crippen MR) is 70.9 cm³/mol. The van der Waals surface area contributed by atoms with E-state index in [0.29, 0.717) is 6.04 Å². The summed E-state index contributed by atoms with van der Waals surface area (Å²) in [5.74, 6) is 0.811. The van der Waals surface area contributed by atoms with Crippen molar-refractivity contribution in [1.29, 1.82) is 0 Å². The lowest BCUT2D eigenvalue weighted by Crippen LogP contribution is -2.44. The summed E-state index contributed by atoms with van der Waals surface area (Å²) in [5, 5.41) is 4.15. The molecule has 0 radical (unpaired) electrons. The zero-order chi connectivity index (χ0) is 12.3. The Balaban J connectivity index is 2.15. The lowest BCUT2D eigenvalue weighted by molar-refractivity contribution is 0.185. The molecule has 1 heterocycles. The third-order valence-corrected chi connectivity index (χ3v) is 3.68. The normalized spacial score (nSPS) is 19.0. The Kier molecular flexibility index (Phi) is 4.26. The first-order valence-corrected chi connectivity index (χ1v) is 6.38. The van der Waals surface area contributed by atoms with Gasteiger partial charge in [-0.1, -0.05) is 17.7 Å². The van der Waals surface area contributed by atoms with E-state index in [9.17, 15) is 0 Å². The molecule has 1 atom stereocenters. The van der Waals surface area contributed by atoms with Crippen LogP contribution in [0, 0.1) is 0 Å². The molecule has 3 nitrogen and oxygen atoms in total. The number of piperazine rings is 1. The van der Waals surface area contributed by atoms with Crippen LogP contribution < -0.4 is 10.1 Å². The number of hydrogen-bond donors (Lipinski definition) is 1. The number of methoxy groups -OCH3 is 1. The molecular weight excluding hydrogens is 236 g/mol. The summed E-state index contributed by atoms with van der Waals surface area (Å²) in [6.45, 7) is 6.46. The first-order chi connectivity index (χ1) is 8.22. The molecule has 17 heavy (non-hydrogen) atoms. The maximum Gasteiger partial charge on any atom is 0.120 e. The number of rotatable bonds is 3. The molecule has 1 aliphatic heterocycles. The summed E-state index contributed by atoms with van der Waals surface area (Å²) < 4.78 is 5.17. The van der Waals surface area contributed by atoms with Crippen molar-refractivity contribution in [2.75, 3.05) is 33.3 Å². The number of nitrogens with zero attached hydrogens (tertiary/aromatic N) is 1. The standard InChI is InChI=1S/C13H19ClN2O/c1-10(16-7-5-15-6-8-16)12-4-3-11(17-2)9-13(12)14/h3-4,9-10,15H,5-8H2,1-2H3. The summed E-state index contributed by atoms with van der Waals surface area (Å²) in [6.07, 6.45) is 0. The van der Waals surface area contributed by atoms with E-state index in [1.807, 2.05) is 12.1 Å². The van der Waals surface area contributed by atoms with Crippen molar-refractivity contribution >= 4 is 11.6 Å². The second-order valence-corrected chi connectivity index (χ2v) is 4.76. The highest BCUT2D eigenvalue weighted by atomic mass is 35.5. The Bertz CT molecular complexity index is 378. The second-order valence-electron chi connectivity index (χ2n) is 4.35. The van der Waals surface area contributed by atoms with Crippen molar-refractivity contribution in [3.63, 3.8) is 0 Å². The monoisotopic (exact) mass is 254 g/mol. The van der Waals surface area contributed by atoms with Gasteiger partial charge in [0.1, 0.15) is 5.75 Å². The summed E-state index contributed by atoms with van der Waals surface area (Å²) in [5.41, 5.74) is 1.18. The number of halogens is 1. The molecule has 1 N–H and O–H groups in total. The van der Waals surface area contributed by atoms with Crippen LogP contribution in [0.5, 0.6) is 5.75 Å². The quantitative estimate of drug-likeness (QED) is 0.896. The van der Waals surface area contributed by atoms with E-state index < -0.39 is 0 Å². The van der Waals surface area contributed by atoms with Crippen LogP contribution in [0.25, 0.3) is 0 Å². The molecule has 0 spiro atoms. The van der Waals surface area contributed by atoms with E-state index in [1.54, 1.807) is 7.11 Å². The molecule has 1 saturated heterocycles. The van der Waals surface area contributed by atoms with E-state index >= 15 is 0 Å². The van der Waals surface area contributed by atoms with Crippen LogP contribution in [-0.4, -0.2) is 38.2 Å². The minimum atomic E-state index is 0.357.